The zero-order valence-electron chi connectivity index (χ0n) is 19.2. The molecular weight excluding hydrogens is 441 g/mol. The molecule has 180 valence electrons. The number of nitrogens with one attached hydrogen (secondary N) is 1. The average molecular weight is 470 g/mol. The Morgan fingerprint density at radius 3 is 2.47 bits per heavy atom. The molecule has 2 heterocycles. The number of aromatic nitrogens is 4. The van der Waals surface area contributed by atoms with Crippen LogP contribution in [0.4, 0.5) is 16.2 Å². The molecule has 1 aromatic carbocycles. The molecule has 3 aromatic rings. The molecule has 0 fully saturated rings. The quantitative estimate of drug-likeness (QED) is 0.355. The standard InChI is InChI=1S/C24H28FN5O4/c1-14(2)22-19(9-8-17(31)12-18(32)13-21(33)34)23(15-4-6-16(25)7-5-15)29-24(28-22)27-20-10-11-26-30(20)3/h4-11,14,17-18,31-32H,12-13H2,1-3H3,(H,33,34)(H,27,28,29)/t17-,18-/m1/s1. The minimum absolute atomic E-state index is 0.0244. The van der Waals surface area contributed by atoms with E-state index in [1.807, 2.05) is 13.8 Å². The molecule has 0 aliphatic carbocycles. The highest BCUT2D eigenvalue weighted by molar-refractivity contribution is 5.75. The molecule has 0 amide bonds. The summed E-state index contributed by atoms with van der Waals surface area (Å²) in [6.45, 7) is 3.93. The minimum Gasteiger partial charge on any atom is -0.481 e. The van der Waals surface area contributed by atoms with Crippen molar-refractivity contribution >= 4 is 23.8 Å². The van der Waals surface area contributed by atoms with E-state index in [-0.39, 0.29) is 18.2 Å². The summed E-state index contributed by atoms with van der Waals surface area (Å²) in [5.74, 6) is -0.528. The Balaban J connectivity index is 2.04. The number of carbonyl (C=O) groups is 1. The minimum atomic E-state index is -1.18. The van der Waals surface area contributed by atoms with Crippen LogP contribution in [0.15, 0.2) is 42.6 Å². The van der Waals surface area contributed by atoms with Gasteiger partial charge in [0.15, 0.2) is 0 Å². The van der Waals surface area contributed by atoms with Crippen LogP contribution in [-0.4, -0.2) is 53.2 Å². The van der Waals surface area contributed by atoms with Crippen LogP contribution >= 0.6 is 0 Å². The Bertz CT molecular complexity index is 1160. The first-order valence-electron chi connectivity index (χ1n) is 10.8. The molecule has 3 rings (SSSR count). The summed E-state index contributed by atoms with van der Waals surface area (Å²) in [4.78, 5) is 20.1. The van der Waals surface area contributed by atoms with Crippen LogP contribution in [-0.2, 0) is 11.8 Å². The summed E-state index contributed by atoms with van der Waals surface area (Å²) in [7, 11) is 1.78. The van der Waals surface area contributed by atoms with Gasteiger partial charge in [0.05, 0.1) is 36.2 Å². The van der Waals surface area contributed by atoms with Gasteiger partial charge in [0, 0.05) is 30.7 Å². The highest BCUT2D eigenvalue weighted by Crippen LogP contribution is 2.31. The van der Waals surface area contributed by atoms with Gasteiger partial charge in [0.2, 0.25) is 5.95 Å². The van der Waals surface area contributed by atoms with E-state index in [4.69, 9.17) is 5.11 Å². The maximum Gasteiger partial charge on any atom is 0.305 e. The lowest BCUT2D eigenvalue weighted by molar-refractivity contribution is -0.139. The summed E-state index contributed by atoms with van der Waals surface area (Å²) >= 11 is 0. The van der Waals surface area contributed by atoms with Crippen LogP contribution in [0.5, 0.6) is 0 Å². The van der Waals surface area contributed by atoms with E-state index in [0.29, 0.717) is 34.3 Å². The number of halogens is 1. The SMILES string of the molecule is CC(C)c1nc(Nc2ccnn2C)nc(-c2ccc(F)cc2)c1C=C[C@@H](O)C[C@@H](O)CC(=O)O. The van der Waals surface area contributed by atoms with Gasteiger partial charge >= 0.3 is 5.97 Å². The lowest BCUT2D eigenvalue weighted by atomic mass is 9.97. The number of nitrogens with zero attached hydrogens (tertiary/aromatic N) is 4. The van der Waals surface area contributed by atoms with Gasteiger partial charge in [-0.25, -0.2) is 14.4 Å². The molecule has 0 bridgehead atoms. The summed E-state index contributed by atoms with van der Waals surface area (Å²) in [5, 5.41) is 36.2. The first kappa shape index (κ1) is 25.0. The molecule has 0 spiro atoms. The van der Waals surface area contributed by atoms with E-state index in [1.54, 1.807) is 42.2 Å². The van der Waals surface area contributed by atoms with Crippen LogP contribution in [0.1, 0.15) is 43.9 Å². The Labute approximate surface area is 196 Å². The highest BCUT2D eigenvalue weighted by atomic mass is 19.1. The zero-order chi connectivity index (χ0) is 24.8. The molecule has 0 saturated carbocycles. The molecule has 0 aliphatic heterocycles. The molecule has 2 atom stereocenters. The molecule has 4 N–H and O–H groups in total. The van der Waals surface area contributed by atoms with Gasteiger partial charge in [-0.2, -0.15) is 5.10 Å². The first-order chi connectivity index (χ1) is 16.1. The molecule has 2 aromatic heterocycles. The fraction of sp³-hybridized carbons (Fsp3) is 0.333. The van der Waals surface area contributed by atoms with Crippen LogP contribution < -0.4 is 5.32 Å². The van der Waals surface area contributed by atoms with Crippen molar-refractivity contribution in [2.75, 3.05) is 5.32 Å². The Morgan fingerprint density at radius 1 is 1.18 bits per heavy atom. The van der Waals surface area contributed by atoms with E-state index in [1.165, 1.54) is 18.2 Å². The number of carboxylic acid groups (broad SMARTS) is 1. The van der Waals surface area contributed by atoms with Gasteiger partial charge < -0.3 is 20.6 Å². The van der Waals surface area contributed by atoms with E-state index < -0.39 is 24.6 Å². The third-order valence-electron chi connectivity index (χ3n) is 5.11. The van der Waals surface area contributed by atoms with Crippen LogP contribution in [0.25, 0.3) is 17.3 Å². The van der Waals surface area contributed by atoms with E-state index in [2.05, 4.69) is 20.4 Å². The number of benzene rings is 1. The van der Waals surface area contributed by atoms with E-state index in [0.717, 1.165) is 0 Å². The van der Waals surface area contributed by atoms with Crippen molar-refractivity contribution in [3.05, 3.63) is 59.7 Å². The topological polar surface area (TPSA) is 133 Å². The summed E-state index contributed by atoms with van der Waals surface area (Å²) in [6.07, 6.45) is 1.91. The number of anilines is 2. The molecule has 0 radical (unpaired) electrons. The summed E-state index contributed by atoms with van der Waals surface area (Å²) in [5.41, 5.74) is 2.49. The highest BCUT2D eigenvalue weighted by Gasteiger charge is 2.19. The van der Waals surface area contributed by atoms with E-state index in [9.17, 15) is 19.4 Å². The van der Waals surface area contributed by atoms with Crippen LogP contribution in [0.2, 0.25) is 0 Å². The number of carboxylic acids is 1. The van der Waals surface area contributed by atoms with Gasteiger partial charge in [-0.05, 0) is 30.2 Å². The monoisotopic (exact) mass is 469 g/mol. The Hall–Kier alpha value is -3.63. The molecule has 9 nitrogen and oxygen atoms in total. The van der Waals surface area contributed by atoms with Crippen molar-refractivity contribution in [1.29, 1.82) is 0 Å². The van der Waals surface area contributed by atoms with Gasteiger partial charge in [0.1, 0.15) is 11.6 Å². The molecular formula is C24H28FN5O4. The smallest absolute Gasteiger partial charge is 0.305 e. The fourth-order valence-corrected chi connectivity index (χ4v) is 3.44. The third-order valence-corrected chi connectivity index (χ3v) is 5.11. The van der Waals surface area contributed by atoms with Crippen LogP contribution in [0, 0.1) is 5.82 Å². The molecule has 10 heteroatoms. The zero-order valence-corrected chi connectivity index (χ0v) is 19.2. The molecule has 34 heavy (non-hydrogen) atoms. The number of rotatable bonds is 10. The fourth-order valence-electron chi connectivity index (χ4n) is 3.44. The lowest BCUT2D eigenvalue weighted by Crippen LogP contribution is -2.19. The number of hydrogen-bond donors (Lipinski definition) is 4. The second-order valence-corrected chi connectivity index (χ2v) is 8.24. The normalized spacial score (nSPS) is 13.4. The largest absolute Gasteiger partial charge is 0.481 e. The van der Waals surface area contributed by atoms with Crippen molar-refractivity contribution in [2.45, 2.75) is 44.8 Å². The number of hydrogen-bond acceptors (Lipinski definition) is 7. The van der Waals surface area contributed by atoms with Crippen molar-refractivity contribution in [3.8, 4) is 11.3 Å². The molecule has 0 unspecified atom stereocenters. The van der Waals surface area contributed by atoms with Gasteiger partial charge in [0.25, 0.3) is 0 Å². The van der Waals surface area contributed by atoms with Gasteiger partial charge in [-0.15, -0.1) is 0 Å². The molecule has 0 saturated heterocycles. The van der Waals surface area contributed by atoms with Crippen molar-refractivity contribution < 1.29 is 24.5 Å². The van der Waals surface area contributed by atoms with Gasteiger partial charge in [-0.3, -0.25) is 9.48 Å². The van der Waals surface area contributed by atoms with Crippen molar-refractivity contribution in [3.63, 3.8) is 0 Å². The Morgan fingerprint density at radius 2 is 1.88 bits per heavy atom. The second kappa shape index (κ2) is 11.0. The molecule has 0 aliphatic rings. The second-order valence-electron chi connectivity index (χ2n) is 8.24. The summed E-state index contributed by atoms with van der Waals surface area (Å²) in [6, 6.07) is 7.68. The average Bonchev–Trinajstić information content (AvgIpc) is 3.16. The first-order valence-corrected chi connectivity index (χ1v) is 10.8. The number of aliphatic carboxylic acids is 1. The Kier molecular flexibility index (Phi) is 8.08. The van der Waals surface area contributed by atoms with Crippen molar-refractivity contribution in [1.82, 2.24) is 19.7 Å². The summed E-state index contributed by atoms with van der Waals surface area (Å²) < 4.78 is 15.2. The maximum atomic E-state index is 13.6. The lowest BCUT2D eigenvalue weighted by Gasteiger charge is -2.17. The van der Waals surface area contributed by atoms with Crippen LogP contribution in [0.3, 0.4) is 0 Å². The van der Waals surface area contributed by atoms with E-state index >= 15 is 0 Å². The predicted molar refractivity (Wildman–Crippen MR) is 126 cm³/mol. The number of aliphatic hydroxyl groups is 2. The predicted octanol–water partition coefficient (Wildman–Crippen LogP) is 3.48. The maximum absolute atomic E-state index is 13.6. The van der Waals surface area contributed by atoms with Crippen molar-refractivity contribution in [2.24, 2.45) is 7.05 Å². The number of aryl methyl sites for hydroxylation is 1. The van der Waals surface area contributed by atoms with Gasteiger partial charge in [-0.1, -0.05) is 26.0 Å². The number of aliphatic hydroxyl groups excluding tert-OH is 2. The third kappa shape index (κ3) is 6.46.